The van der Waals surface area contributed by atoms with Crippen molar-refractivity contribution in [2.45, 2.75) is 19.5 Å². The molecule has 0 amide bonds. The van der Waals surface area contributed by atoms with Crippen LogP contribution in [0, 0.1) is 6.92 Å². The smallest absolute Gasteiger partial charge is 0.0831 e. The van der Waals surface area contributed by atoms with Crippen LogP contribution in [-0.2, 0) is 11.3 Å². The van der Waals surface area contributed by atoms with Crippen LogP contribution < -0.4 is 5.73 Å². The highest BCUT2D eigenvalue weighted by Gasteiger charge is 2.20. The summed E-state index contributed by atoms with van der Waals surface area (Å²) < 4.78 is 7.93. The predicted molar refractivity (Wildman–Crippen MR) is 76.9 cm³/mol. The Bertz CT molecular complexity index is 523. The molecular formula is C12H16BrN3OS. The van der Waals surface area contributed by atoms with Crippen molar-refractivity contribution in [3.63, 3.8) is 0 Å². The summed E-state index contributed by atoms with van der Waals surface area (Å²) in [6.45, 7) is 3.41. The zero-order valence-electron chi connectivity index (χ0n) is 10.4. The molecule has 0 bridgehead atoms. The lowest BCUT2D eigenvalue weighted by atomic mass is 10.1. The highest BCUT2D eigenvalue weighted by Crippen LogP contribution is 2.31. The van der Waals surface area contributed by atoms with E-state index in [-0.39, 0.29) is 6.04 Å². The van der Waals surface area contributed by atoms with E-state index < -0.39 is 0 Å². The molecule has 0 aromatic carbocycles. The van der Waals surface area contributed by atoms with Gasteiger partial charge in [-0.05, 0) is 39.9 Å². The summed E-state index contributed by atoms with van der Waals surface area (Å²) in [7, 11) is 1.68. The van der Waals surface area contributed by atoms with Gasteiger partial charge >= 0.3 is 0 Å². The van der Waals surface area contributed by atoms with Crippen LogP contribution in [0.5, 0.6) is 0 Å². The molecule has 2 rings (SSSR count). The van der Waals surface area contributed by atoms with Gasteiger partial charge in [0.15, 0.2) is 0 Å². The molecule has 0 saturated carbocycles. The van der Waals surface area contributed by atoms with Gasteiger partial charge in [0.1, 0.15) is 0 Å². The van der Waals surface area contributed by atoms with E-state index in [0.29, 0.717) is 13.2 Å². The fraction of sp³-hybridized carbons (Fsp3) is 0.417. The summed E-state index contributed by atoms with van der Waals surface area (Å²) in [4.78, 5) is 1.18. The van der Waals surface area contributed by atoms with Crippen molar-refractivity contribution in [2.24, 2.45) is 5.73 Å². The average molecular weight is 330 g/mol. The zero-order chi connectivity index (χ0) is 13.1. The van der Waals surface area contributed by atoms with Crippen LogP contribution in [-0.4, -0.2) is 23.5 Å². The van der Waals surface area contributed by atoms with E-state index in [4.69, 9.17) is 10.5 Å². The van der Waals surface area contributed by atoms with E-state index in [1.807, 2.05) is 4.68 Å². The number of thiophene rings is 1. The van der Waals surface area contributed by atoms with Gasteiger partial charge in [-0.25, -0.2) is 0 Å². The van der Waals surface area contributed by atoms with Gasteiger partial charge in [0.25, 0.3) is 0 Å². The standard InChI is InChI=1S/C12H16BrN3OS/c1-8-3-6-18-12(8)10(14)11-9(13)7-15-16(11)4-5-17-2/h3,6-7,10H,4-5,14H2,1-2H3. The van der Waals surface area contributed by atoms with Crippen molar-refractivity contribution in [2.75, 3.05) is 13.7 Å². The van der Waals surface area contributed by atoms with Gasteiger partial charge in [-0.3, -0.25) is 4.68 Å². The Morgan fingerprint density at radius 2 is 2.39 bits per heavy atom. The lowest BCUT2D eigenvalue weighted by molar-refractivity contribution is 0.182. The van der Waals surface area contributed by atoms with Crippen molar-refractivity contribution in [3.8, 4) is 0 Å². The molecule has 0 aliphatic carbocycles. The summed E-state index contributed by atoms with van der Waals surface area (Å²) in [6, 6.07) is 1.93. The minimum Gasteiger partial charge on any atom is -0.383 e. The maximum absolute atomic E-state index is 6.36. The third-order valence-corrected chi connectivity index (χ3v) is 4.53. The van der Waals surface area contributed by atoms with E-state index in [1.54, 1.807) is 24.6 Å². The summed E-state index contributed by atoms with van der Waals surface area (Å²) in [6.07, 6.45) is 1.79. The maximum Gasteiger partial charge on any atom is 0.0831 e. The van der Waals surface area contributed by atoms with Gasteiger partial charge in [0.05, 0.1) is 35.6 Å². The van der Waals surface area contributed by atoms with Crippen LogP contribution in [0.25, 0.3) is 0 Å². The Kier molecular flexibility index (Phi) is 4.55. The van der Waals surface area contributed by atoms with Gasteiger partial charge in [-0.1, -0.05) is 0 Å². The number of ether oxygens (including phenoxy) is 1. The first-order valence-corrected chi connectivity index (χ1v) is 7.32. The molecule has 2 heterocycles. The van der Waals surface area contributed by atoms with Gasteiger partial charge in [-0.15, -0.1) is 11.3 Å². The van der Waals surface area contributed by atoms with Gasteiger partial charge in [0.2, 0.25) is 0 Å². The lowest BCUT2D eigenvalue weighted by Gasteiger charge is -2.14. The van der Waals surface area contributed by atoms with Crippen molar-refractivity contribution >= 4 is 27.3 Å². The minimum atomic E-state index is -0.154. The number of hydrogen-bond donors (Lipinski definition) is 1. The van der Waals surface area contributed by atoms with Crippen LogP contribution >= 0.6 is 27.3 Å². The number of halogens is 1. The Morgan fingerprint density at radius 3 is 3.00 bits per heavy atom. The van der Waals surface area contributed by atoms with Crippen LogP contribution in [0.3, 0.4) is 0 Å². The van der Waals surface area contributed by atoms with E-state index in [1.165, 1.54) is 10.4 Å². The van der Waals surface area contributed by atoms with Crippen LogP contribution in [0.2, 0.25) is 0 Å². The molecule has 0 aliphatic rings. The van der Waals surface area contributed by atoms with Gasteiger partial charge in [-0.2, -0.15) is 5.10 Å². The molecule has 98 valence electrons. The van der Waals surface area contributed by atoms with E-state index in [9.17, 15) is 0 Å². The second kappa shape index (κ2) is 5.97. The van der Waals surface area contributed by atoms with Crippen molar-refractivity contribution in [1.82, 2.24) is 9.78 Å². The molecule has 0 aliphatic heterocycles. The molecule has 0 saturated heterocycles. The van der Waals surface area contributed by atoms with Gasteiger partial charge in [0, 0.05) is 12.0 Å². The molecule has 6 heteroatoms. The molecule has 2 aromatic heterocycles. The van der Waals surface area contributed by atoms with Crippen LogP contribution in [0.1, 0.15) is 22.2 Å². The molecule has 0 fully saturated rings. The molecule has 0 radical (unpaired) electrons. The van der Waals surface area contributed by atoms with E-state index in [2.05, 4.69) is 39.4 Å². The number of methoxy groups -OCH3 is 1. The summed E-state index contributed by atoms with van der Waals surface area (Å²) >= 11 is 5.20. The molecule has 2 aromatic rings. The van der Waals surface area contributed by atoms with Gasteiger partial charge < -0.3 is 10.5 Å². The van der Waals surface area contributed by atoms with E-state index >= 15 is 0 Å². The molecular weight excluding hydrogens is 314 g/mol. The Labute approximate surface area is 119 Å². The quantitative estimate of drug-likeness (QED) is 0.917. The Hall–Kier alpha value is -0.690. The number of aryl methyl sites for hydroxylation is 1. The highest BCUT2D eigenvalue weighted by molar-refractivity contribution is 9.10. The topological polar surface area (TPSA) is 53.1 Å². The minimum absolute atomic E-state index is 0.154. The van der Waals surface area contributed by atoms with Crippen molar-refractivity contribution in [3.05, 3.63) is 38.3 Å². The Balaban J connectivity index is 2.32. The molecule has 0 spiro atoms. The maximum atomic E-state index is 6.36. The first-order chi connectivity index (χ1) is 8.65. The zero-order valence-corrected chi connectivity index (χ0v) is 12.8. The fourth-order valence-electron chi connectivity index (χ4n) is 1.86. The molecule has 4 nitrogen and oxygen atoms in total. The van der Waals surface area contributed by atoms with Crippen LogP contribution in [0.15, 0.2) is 22.1 Å². The normalized spacial score (nSPS) is 12.9. The van der Waals surface area contributed by atoms with Crippen LogP contribution in [0.4, 0.5) is 0 Å². The van der Waals surface area contributed by atoms with Crippen molar-refractivity contribution in [1.29, 1.82) is 0 Å². The third kappa shape index (κ3) is 2.66. The summed E-state index contributed by atoms with van der Waals surface area (Å²) in [5.41, 5.74) is 8.58. The highest BCUT2D eigenvalue weighted by atomic mass is 79.9. The summed E-state index contributed by atoms with van der Waals surface area (Å²) in [5.74, 6) is 0. The second-order valence-electron chi connectivity index (χ2n) is 4.04. The van der Waals surface area contributed by atoms with E-state index in [0.717, 1.165) is 10.2 Å². The predicted octanol–water partition coefficient (Wildman–Crippen LogP) is 2.71. The Morgan fingerprint density at radius 1 is 1.61 bits per heavy atom. The first kappa shape index (κ1) is 13.7. The molecule has 1 unspecified atom stereocenters. The third-order valence-electron chi connectivity index (χ3n) is 2.82. The summed E-state index contributed by atoms with van der Waals surface area (Å²) in [5, 5.41) is 6.39. The second-order valence-corrected chi connectivity index (χ2v) is 5.84. The number of hydrogen-bond acceptors (Lipinski definition) is 4. The molecule has 1 atom stereocenters. The lowest BCUT2D eigenvalue weighted by Crippen LogP contribution is -2.19. The fourth-order valence-corrected chi connectivity index (χ4v) is 3.34. The average Bonchev–Trinajstić information content (AvgIpc) is 2.92. The van der Waals surface area contributed by atoms with Crippen molar-refractivity contribution < 1.29 is 4.74 Å². The molecule has 2 N–H and O–H groups in total. The number of rotatable bonds is 5. The first-order valence-electron chi connectivity index (χ1n) is 5.65. The number of nitrogens with two attached hydrogens (primary N) is 1. The largest absolute Gasteiger partial charge is 0.383 e. The SMILES string of the molecule is COCCn1ncc(Br)c1C(N)c1sccc1C. The monoisotopic (exact) mass is 329 g/mol. The number of aromatic nitrogens is 2. The molecule has 18 heavy (non-hydrogen) atoms. The number of nitrogens with zero attached hydrogens (tertiary/aromatic N) is 2.